The molecule has 1 aliphatic heterocycles. The molecule has 1 aromatic carbocycles. The van der Waals surface area contributed by atoms with Gasteiger partial charge in [0.25, 0.3) is 0 Å². The lowest BCUT2D eigenvalue weighted by Gasteiger charge is -2.26. The van der Waals surface area contributed by atoms with Crippen molar-refractivity contribution in [2.45, 2.75) is 32.7 Å². The molecular weight excluding hydrogens is 380 g/mol. The number of hydrogen-bond acceptors (Lipinski definition) is 7. The standard InChI is InChI=1S/C20H26N2O7/c1-4-27-19(24)18-13(2)21-20(25)22-16(18)12-29-17(23)6-5-11-28-15-9-7-14(26-3)8-10-15/h7-10,13H,4-6,11-12H2,1-3H3,(H2,21,22,25)/t13-/m1/s1. The summed E-state index contributed by atoms with van der Waals surface area (Å²) >= 11 is 0. The number of benzene rings is 1. The zero-order valence-electron chi connectivity index (χ0n) is 16.8. The molecule has 1 aromatic rings. The van der Waals surface area contributed by atoms with Gasteiger partial charge in [0, 0.05) is 6.42 Å². The Balaban J connectivity index is 1.80. The summed E-state index contributed by atoms with van der Waals surface area (Å²) in [5.74, 6) is 0.387. The van der Waals surface area contributed by atoms with Crippen LogP contribution in [0.5, 0.6) is 11.5 Å². The van der Waals surface area contributed by atoms with Crippen LogP contribution in [0.25, 0.3) is 0 Å². The number of nitrogens with one attached hydrogen (secondary N) is 2. The van der Waals surface area contributed by atoms with Crippen LogP contribution in [0.15, 0.2) is 35.5 Å². The van der Waals surface area contributed by atoms with Crippen molar-refractivity contribution in [3.63, 3.8) is 0 Å². The number of carbonyl (C=O) groups excluding carboxylic acids is 3. The van der Waals surface area contributed by atoms with Gasteiger partial charge in [-0.2, -0.15) is 0 Å². The zero-order chi connectivity index (χ0) is 21.2. The van der Waals surface area contributed by atoms with Gasteiger partial charge in [0.2, 0.25) is 0 Å². The van der Waals surface area contributed by atoms with Gasteiger partial charge in [0.15, 0.2) is 0 Å². The monoisotopic (exact) mass is 406 g/mol. The van der Waals surface area contributed by atoms with Gasteiger partial charge in [-0.1, -0.05) is 0 Å². The van der Waals surface area contributed by atoms with Gasteiger partial charge in [-0.3, -0.25) is 4.79 Å². The number of hydrogen-bond donors (Lipinski definition) is 2. The second-order valence-corrected chi connectivity index (χ2v) is 6.22. The number of rotatable bonds is 10. The predicted octanol–water partition coefficient (Wildman–Crippen LogP) is 1.92. The smallest absolute Gasteiger partial charge is 0.338 e. The molecule has 0 saturated carbocycles. The average Bonchev–Trinajstić information content (AvgIpc) is 2.69. The van der Waals surface area contributed by atoms with Gasteiger partial charge in [-0.05, 0) is 44.5 Å². The highest BCUT2D eigenvalue weighted by Crippen LogP contribution is 2.17. The third-order valence-electron chi connectivity index (χ3n) is 4.10. The third-order valence-corrected chi connectivity index (χ3v) is 4.10. The maximum atomic E-state index is 12.1. The number of carbonyl (C=O) groups is 3. The summed E-state index contributed by atoms with van der Waals surface area (Å²) in [6, 6.07) is 6.11. The van der Waals surface area contributed by atoms with Crippen LogP contribution in [0.3, 0.4) is 0 Å². The van der Waals surface area contributed by atoms with Crippen molar-refractivity contribution in [2.24, 2.45) is 0 Å². The van der Waals surface area contributed by atoms with E-state index in [1.165, 1.54) is 0 Å². The largest absolute Gasteiger partial charge is 0.497 e. The highest BCUT2D eigenvalue weighted by Gasteiger charge is 2.30. The van der Waals surface area contributed by atoms with Crippen molar-refractivity contribution in [1.29, 1.82) is 0 Å². The Morgan fingerprint density at radius 1 is 1.10 bits per heavy atom. The first-order valence-electron chi connectivity index (χ1n) is 9.34. The zero-order valence-corrected chi connectivity index (χ0v) is 16.8. The number of esters is 2. The first kappa shape index (κ1) is 22.1. The highest BCUT2D eigenvalue weighted by molar-refractivity contribution is 5.94. The molecule has 0 bridgehead atoms. The van der Waals surface area contributed by atoms with Crippen LogP contribution in [0.1, 0.15) is 26.7 Å². The molecule has 0 aromatic heterocycles. The van der Waals surface area contributed by atoms with E-state index in [9.17, 15) is 14.4 Å². The molecule has 9 heteroatoms. The Morgan fingerprint density at radius 2 is 1.79 bits per heavy atom. The van der Waals surface area contributed by atoms with Crippen molar-refractivity contribution >= 4 is 18.0 Å². The van der Waals surface area contributed by atoms with E-state index in [1.807, 2.05) is 0 Å². The van der Waals surface area contributed by atoms with Gasteiger partial charge in [-0.15, -0.1) is 0 Å². The molecule has 1 heterocycles. The van der Waals surface area contributed by atoms with Crippen LogP contribution < -0.4 is 20.1 Å². The Hall–Kier alpha value is -3.23. The molecule has 1 aliphatic rings. The molecular formula is C20H26N2O7. The van der Waals surface area contributed by atoms with E-state index in [0.717, 1.165) is 5.75 Å². The van der Waals surface area contributed by atoms with E-state index in [2.05, 4.69) is 10.6 Å². The second-order valence-electron chi connectivity index (χ2n) is 6.22. The molecule has 0 saturated heterocycles. The van der Waals surface area contributed by atoms with E-state index in [0.29, 0.717) is 18.8 Å². The number of ether oxygens (including phenoxy) is 4. The Labute approximate surface area is 169 Å². The first-order chi connectivity index (χ1) is 13.9. The van der Waals surface area contributed by atoms with Gasteiger partial charge < -0.3 is 29.6 Å². The first-order valence-corrected chi connectivity index (χ1v) is 9.34. The van der Waals surface area contributed by atoms with Crippen molar-refractivity contribution < 1.29 is 33.3 Å². The maximum Gasteiger partial charge on any atom is 0.338 e. The van der Waals surface area contributed by atoms with Crippen LogP contribution in [0.4, 0.5) is 4.79 Å². The van der Waals surface area contributed by atoms with E-state index in [4.69, 9.17) is 18.9 Å². The molecule has 0 fully saturated rings. The fourth-order valence-electron chi connectivity index (χ4n) is 2.70. The topological polar surface area (TPSA) is 112 Å². The molecule has 158 valence electrons. The summed E-state index contributed by atoms with van der Waals surface area (Å²) in [6.45, 7) is 3.67. The summed E-state index contributed by atoms with van der Waals surface area (Å²) in [5, 5.41) is 5.08. The van der Waals surface area contributed by atoms with Crippen molar-refractivity contribution in [3.8, 4) is 11.5 Å². The van der Waals surface area contributed by atoms with Crippen LogP contribution in [0, 0.1) is 0 Å². The highest BCUT2D eigenvalue weighted by atomic mass is 16.5. The molecule has 2 amide bonds. The molecule has 1 atom stereocenters. The molecule has 0 unspecified atom stereocenters. The molecule has 0 spiro atoms. The minimum atomic E-state index is -0.563. The Kier molecular flexibility index (Phi) is 8.32. The molecule has 2 N–H and O–H groups in total. The third kappa shape index (κ3) is 6.70. The Bertz CT molecular complexity index is 759. The Morgan fingerprint density at radius 3 is 2.45 bits per heavy atom. The quantitative estimate of drug-likeness (QED) is 0.451. The SMILES string of the molecule is CCOC(=O)C1=C(COC(=O)CCCOc2ccc(OC)cc2)NC(=O)N[C@@H]1C. The molecule has 9 nitrogen and oxygen atoms in total. The molecule has 0 radical (unpaired) electrons. The predicted molar refractivity (Wildman–Crippen MR) is 103 cm³/mol. The van der Waals surface area contributed by atoms with Crippen LogP contribution in [-0.4, -0.2) is 50.9 Å². The minimum Gasteiger partial charge on any atom is -0.497 e. The van der Waals surface area contributed by atoms with Crippen LogP contribution in [0.2, 0.25) is 0 Å². The number of urea groups is 1. The van der Waals surface area contributed by atoms with Gasteiger partial charge in [-0.25, -0.2) is 9.59 Å². The fraction of sp³-hybridized carbons (Fsp3) is 0.450. The summed E-state index contributed by atoms with van der Waals surface area (Å²) in [6.07, 6.45) is 0.596. The normalized spacial score (nSPS) is 15.8. The molecule has 2 rings (SSSR count). The molecule has 29 heavy (non-hydrogen) atoms. The van der Waals surface area contributed by atoms with Gasteiger partial charge in [0.1, 0.15) is 18.1 Å². The lowest BCUT2D eigenvalue weighted by Crippen LogP contribution is -2.50. The lowest BCUT2D eigenvalue weighted by atomic mass is 10.0. The van der Waals surface area contributed by atoms with Gasteiger partial charge in [0.05, 0.1) is 37.6 Å². The number of methoxy groups -OCH3 is 1. The maximum absolute atomic E-state index is 12.1. The van der Waals surface area contributed by atoms with Crippen LogP contribution >= 0.6 is 0 Å². The van der Waals surface area contributed by atoms with Gasteiger partial charge >= 0.3 is 18.0 Å². The lowest BCUT2D eigenvalue weighted by molar-refractivity contribution is -0.144. The second kappa shape index (κ2) is 10.9. The van der Waals surface area contributed by atoms with E-state index < -0.39 is 24.0 Å². The summed E-state index contributed by atoms with van der Waals surface area (Å²) < 4.78 is 20.8. The fourth-order valence-corrected chi connectivity index (χ4v) is 2.70. The van der Waals surface area contributed by atoms with E-state index >= 15 is 0 Å². The molecule has 0 aliphatic carbocycles. The number of amides is 2. The van der Waals surface area contributed by atoms with E-state index in [-0.39, 0.29) is 30.9 Å². The van der Waals surface area contributed by atoms with Crippen molar-refractivity contribution in [3.05, 3.63) is 35.5 Å². The van der Waals surface area contributed by atoms with E-state index in [1.54, 1.807) is 45.2 Å². The van der Waals surface area contributed by atoms with Crippen molar-refractivity contribution in [2.75, 3.05) is 26.9 Å². The minimum absolute atomic E-state index is 0.139. The summed E-state index contributed by atoms with van der Waals surface area (Å²) in [7, 11) is 1.59. The van der Waals surface area contributed by atoms with Crippen molar-refractivity contribution in [1.82, 2.24) is 10.6 Å². The summed E-state index contributed by atoms with van der Waals surface area (Å²) in [4.78, 5) is 35.8. The van der Waals surface area contributed by atoms with Crippen LogP contribution in [-0.2, 0) is 19.1 Å². The average molecular weight is 406 g/mol. The summed E-state index contributed by atoms with van der Waals surface area (Å²) in [5.41, 5.74) is 0.463.